The molecule has 0 saturated carbocycles. The van der Waals surface area contributed by atoms with Gasteiger partial charge in [-0.3, -0.25) is 9.59 Å². The van der Waals surface area contributed by atoms with Gasteiger partial charge >= 0.3 is 0 Å². The lowest BCUT2D eigenvalue weighted by atomic mass is 9.92. The summed E-state index contributed by atoms with van der Waals surface area (Å²) in [5.74, 6) is 0.00121. The van der Waals surface area contributed by atoms with Crippen molar-refractivity contribution in [3.8, 4) is 0 Å². The number of fused-ring (bicyclic) bond motifs is 1. The van der Waals surface area contributed by atoms with E-state index in [2.05, 4.69) is 22.0 Å². The molecule has 0 fully saturated rings. The zero-order chi connectivity index (χ0) is 18.5. The van der Waals surface area contributed by atoms with Crippen LogP contribution in [-0.2, 0) is 30.6 Å². The molecule has 26 heavy (non-hydrogen) atoms. The summed E-state index contributed by atoms with van der Waals surface area (Å²) >= 11 is 0. The number of aliphatic hydroxyl groups is 1. The highest BCUT2D eigenvalue weighted by Crippen LogP contribution is 2.30. The van der Waals surface area contributed by atoms with E-state index in [1.165, 1.54) is 5.56 Å². The van der Waals surface area contributed by atoms with E-state index >= 15 is 0 Å². The molecule has 5 nitrogen and oxygen atoms in total. The molecule has 1 aliphatic rings. The lowest BCUT2D eigenvalue weighted by Crippen LogP contribution is -2.28. The summed E-state index contributed by atoms with van der Waals surface area (Å²) in [7, 11) is 0. The number of nitrogens with one attached hydrogen (secondary N) is 1. The first-order valence-corrected chi connectivity index (χ1v) is 9.27. The molecule has 0 radical (unpaired) electrons. The van der Waals surface area contributed by atoms with Crippen LogP contribution in [0.2, 0.25) is 0 Å². The lowest BCUT2D eigenvalue weighted by molar-refractivity contribution is -0.120. The van der Waals surface area contributed by atoms with Crippen LogP contribution >= 0.6 is 0 Å². The number of amides is 1. The molecule has 0 bridgehead atoms. The highest BCUT2D eigenvalue weighted by molar-refractivity contribution is 6.01. The topological polar surface area (TPSA) is 71.3 Å². The van der Waals surface area contributed by atoms with Crippen molar-refractivity contribution >= 4 is 11.7 Å². The number of aromatic nitrogens is 1. The van der Waals surface area contributed by atoms with Crippen molar-refractivity contribution in [2.24, 2.45) is 0 Å². The van der Waals surface area contributed by atoms with E-state index in [4.69, 9.17) is 5.11 Å². The molecule has 1 amide bonds. The van der Waals surface area contributed by atoms with Crippen LogP contribution in [0.4, 0.5) is 0 Å². The Kier molecular flexibility index (Phi) is 5.89. The minimum atomic E-state index is -0.150. The summed E-state index contributed by atoms with van der Waals surface area (Å²) in [6.45, 7) is 2.97. The number of aliphatic hydroxyl groups excluding tert-OH is 1. The quantitative estimate of drug-likeness (QED) is 0.801. The van der Waals surface area contributed by atoms with Gasteiger partial charge in [0.05, 0.1) is 13.0 Å². The smallest absolute Gasteiger partial charge is 0.224 e. The lowest BCUT2D eigenvalue weighted by Gasteiger charge is -2.16. The fraction of sp³-hybridized carbons (Fsp3) is 0.429. The second-order valence-electron chi connectivity index (χ2n) is 6.80. The van der Waals surface area contributed by atoms with Gasteiger partial charge in [-0.2, -0.15) is 0 Å². The van der Waals surface area contributed by atoms with Gasteiger partial charge in [-0.05, 0) is 37.3 Å². The standard InChI is InChI=1S/C21H26N2O3/c1-15-17(14-20(26)22-11-13-24)21-18(8-5-9-19(21)25)23(15)12-10-16-6-3-2-4-7-16/h2-4,6-7,24H,5,8-14H2,1H3,(H,22,26). The third-order valence-electron chi connectivity index (χ3n) is 5.09. The third kappa shape index (κ3) is 3.88. The Balaban J connectivity index is 1.88. The average Bonchev–Trinajstić information content (AvgIpc) is 2.92. The van der Waals surface area contributed by atoms with Crippen molar-refractivity contribution in [3.05, 3.63) is 58.4 Å². The van der Waals surface area contributed by atoms with Gasteiger partial charge in [-0.1, -0.05) is 30.3 Å². The summed E-state index contributed by atoms with van der Waals surface area (Å²) in [5.41, 5.74) is 4.98. The first-order valence-electron chi connectivity index (χ1n) is 9.27. The fourth-order valence-corrected chi connectivity index (χ4v) is 3.81. The number of aryl methyl sites for hydroxylation is 1. The maximum absolute atomic E-state index is 12.6. The molecular formula is C21H26N2O3. The normalized spacial score (nSPS) is 13.5. The Hall–Kier alpha value is -2.40. The number of Topliss-reactive ketones (excluding diaryl/α,β-unsaturated/α-hetero) is 1. The number of nitrogens with zero attached hydrogens (tertiary/aromatic N) is 1. The molecule has 1 aromatic heterocycles. The first kappa shape index (κ1) is 18.4. The Labute approximate surface area is 154 Å². The maximum atomic E-state index is 12.6. The number of hydrogen-bond donors (Lipinski definition) is 2. The molecular weight excluding hydrogens is 328 g/mol. The van der Waals surface area contributed by atoms with Crippen molar-refractivity contribution in [1.29, 1.82) is 0 Å². The van der Waals surface area contributed by atoms with E-state index in [0.29, 0.717) is 6.42 Å². The molecule has 3 rings (SSSR count). The minimum absolute atomic E-state index is 0.0835. The van der Waals surface area contributed by atoms with Gasteiger partial charge < -0.3 is 15.0 Å². The van der Waals surface area contributed by atoms with Crippen LogP contribution in [-0.4, -0.2) is 34.5 Å². The van der Waals surface area contributed by atoms with E-state index in [9.17, 15) is 9.59 Å². The third-order valence-corrected chi connectivity index (χ3v) is 5.09. The second kappa shape index (κ2) is 8.32. The molecule has 1 aromatic carbocycles. The number of carbonyl (C=O) groups excluding carboxylic acids is 2. The van der Waals surface area contributed by atoms with Crippen molar-refractivity contribution in [1.82, 2.24) is 9.88 Å². The fourth-order valence-electron chi connectivity index (χ4n) is 3.81. The largest absolute Gasteiger partial charge is 0.395 e. The molecule has 1 heterocycles. The maximum Gasteiger partial charge on any atom is 0.224 e. The second-order valence-corrected chi connectivity index (χ2v) is 6.80. The molecule has 5 heteroatoms. The molecule has 0 saturated heterocycles. The average molecular weight is 354 g/mol. The molecule has 2 N–H and O–H groups in total. The van der Waals surface area contributed by atoms with Gasteiger partial charge in [-0.25, -0.2) is 0 Å². The van der Waals surface area contributed by atoms with Gasteiger partial charge in [0.25, 0.3) is 0 Å². The molecule has 1 aliphatic carbocycles. The van der Waals surface area contributed by atoms with E-state index in [1.54, 1.807) is 0 Å². The van der Waals surface area contributed by atoms with Crippen LogP contribution in [0.1, 0.15) is 45.7 Å². The predicted octanol–water partition coefficient (Wildman–Crippen LogP) is 2.21. The Bertz CT molecular complexity index is 793. The minimum Gasteiger partial charge on any atom is -0.395 e. The van der Waals surface area contributed by atoms with Crippen LogP contribution < -0.4 is 5.32 Å². The molecule has 0 aliphatic heterocycles. The van der Waals surface area contributed by atoms with E-state index in [1.807, 2.05) is 25.1 Å². The van der Waals surface area contributed by atoms with Crippen molar-refractivity contribution in [2.45, 2.75) is 45.6 Å². The van der Waals surface area contributed by atoms with Crippen molar-refractivity contribution < 1.29 is 14.7 Å². The monoisotopic (exact) mass is 354 g/mol. The number of rotatable bonds is 7. The van der Waals surface area contributed by atoms with Crippen molar-refractivity contribution in [2.75, 3.05) is 13.2 Å². The first-order chi connectivity index (χ1) is 12.6. The molecule has 0 unspecified atom stereocenters. The van der Waals surface area contributed by atoms with Gasteiger partial charge in [0.2, 0.25) is 5.91 Å². The number of carbonyl (C=O) groups is 2. The SMILES string of the molecule is Cc1c(CC(=O)NCCO)c2c(n1CCc1ccccc1)CCCC2=O. The van der Waals surface area contributed by atoms with Crippen LogP contribution in [0.3, 0.4) is 0 Å². The Morgan fingerprint density at radius 3 is 2.73 bits per heavy atom. The van der Waals surface area contributed by atoms with Gasteiger partial charge in [-0.15, -0.1) is 0 Å². The van der Waals surface area contributed by atoms with Crippen LogP contribution in [0.25, 0.3) is 0 Å². The van der Waals surface area contributed by atoms with Gasteiger partial charge in [0, 0.05) is 36.5 Å². The van der Waals surface area contributed by atoms with Crippen LogP contribution in [0, 0.1) is 6.92 Å². The van der Waals surface area contributed by atoms with Gasteiger partial charge in [0.15, 0.2) is 5.78 Å². The molecule has 0 spiro atoms. The summed E-state index contributed by atoms with van der Waals surface area (Å²) in [4.78, 5) is 24.7. The predicted molar refractivity (Wildman–Crippen MR) is 100 cm³/mol. The molecule has 2 aromatic rings. The molecule has 0 atom stereocenters. The van der Waals surface area contributed by atoms with E-state index in [-0.39, 0.29) is 31.3 Å². The van der Waals surface area contributed by atoms with Crippen molar-refractivity contribution in [3.63, 3.8) is 0 Å². The highest BCUT2D eigenvalue weighted by atomic mass is 16.3. The summed E-state index contributed by atoms with van der Waals surface area (Å²) in [6, 6.07) is 10.3. The number of hydrogen-bond acceptors (Lipinski definition) is 3. The van der Waals surface area contributed by atoms with Crippen LogP contribution in [0.15, 0.2) is 30.3 Å². The summed E-state index contributed by atoms with van der Waals surface area (Å²) in [6.07, 6.45) is 3.40. The zero-order valence-electron chi connectivity index (χ0n) is 15.3. The van der Waals surface area contributed by atoms with Crippen LogP contribution in [0.5, 0.6) is 0 Å². The number of ketones is 1. The Morgan fingerprint density at radius 1 is 1.23 bits per heavy atom. The molecule has 138 valence electrons. The summed E-state index contributed by atoms with van der Waals surface area (Å²) < 4.78 is 2.23. The number of benzene rings is 1. The Morgan fingerprint density at radius 2 is 2.00 bits per heavy atom. The zero-order valence-corrected chi connectivity index (χ0v) is 15.3. The highest BCUT2D eigenvalue weighted by Gasteiger charge is 2.28. The van der Waals surface area contributed by atoms with Gasteiger partial charge in [0.1, 0.15) is 0 Å². The van der Waals surface area contributed by atoms with E-state index < -0.39 is 0 Å². The summed E-state index contributed by atoms with van der Waals surface area (Å²) in [5, 5.41) is 11.6. The van der Waals surface area contributed by atoms with E-state index in [0.717, 1.165) is 48.3 Å².